The van der Waals surface area contributed by atoms with Crippen LogP contribution in [-0.2, 0) is 45.2 Å². The molecule has 0 radical (unpaired) electrons. The number of carbonyl (C=O) groups is 4. The molecule has 1 amide bonds. The van der Waals surface area contributed by atoms with Crippen LogP contribution in [0.3, 0.4) is 0 Å². The van der Waals surface area contributed by atoms with Gasteiger partial charge in [0.15, 0.2) is 17.6 Å². The average molecular weight is 707 g/mol. The minimum absolute atomic E-state index is 0.0646. The summed E-state index contributed by atoms with van der Waals surface area (Å²) < 4.78 is 28.4. The fourth-order valence-electron chi connectivity index (χ4n) is 7.91. The van der Waals surface area contributed by atoms with E-state index in [-0.39, 0.29) is 36.3 Å². The fraction of sp³-hybridized carbons (Fsp3) is 0.526. The van der Waals surface area contributed by atoms with E-state index in [0.29, 0.717) is 31.4 Å². The van der Waals surface area contributed by atoms with E-state index in [1.807, 2.05) is 20.0 Å². The normalized spacial score (nSPS) is 25.6. The largest absolute Gasteiger partial charge is 0.509 e. The van der Waals surface area contributed by atoms with E-state index >= 15 is 0 Å². The van der Waals surface area contributed by atoms with Gasteiger partial charge in [-0.3, -0.25) is 9.59 Å². The SMILES string of the molecule is CCCCOC(=O)[C@H](CC(=O)OC1=CC[C@@]2(O)C3Cc4ccc(O)c5c4[C@@]2(CCN3C)[C@H]1O5)NC(=O)[C@@H](OC(=O)OC(C)(C)C)c1ccccc1. The minimum atomic E-state index is -1.52. The van der Waals surface area contributed by atoms with Gasteiger partial charge in [-0.1, -0.05) is 49.7 Å². The van der Waals surface area contributed by atoms with E-state index < -0.39 is 65.3 Å². The number of amides is 1. The molecule has 2 aromatic rings. The van der Waals surface area contributed by atoms with Gasteiger partial charge in [-0.15, -0.1) is 0 Å². The van der Waals surface area contributed by atoms with Gasteiger partial charge in [0, 0.05) is 23.6 Å². The molecule has 0 saturated carbocycles. The average Bonchev–Trinajstić information content (AvgIpc) is 3.43. The molecule has 274 valence electrons. The van der Waals surface area contributed by atoms with E-state index in [0.717, 1.165) is 17.5 Å². The Bertz CT molecular complexity index is 1720. The molecule has 2 aliphatic carbocycles. The zero-order valence-corrected chi connectivity index (χ0v) is 29.6. The number of ether oxygens (including phenoxy) is 5. The fourth-order valence-corrected chi connectivity index (χ4v) is 7.91. The highest BCUT2D eigenvalue weighted by Crippen LogP contribution is 2.65. The highest BCUT2D eigenvalue weighted by molar-refractivity contribution is 5.91. The van der Waals surface area contributed by atoms with Gasteiger partial charge in [-0.25, -0.2) is 9.59 Å². The molecule has 6 rings (SSSR count). The first-order chi connectivity index (χ1) is 24.2. The van der Waals surface area contributed by atoms with Crippen molar-refractivity contribution in [3.63, 3.8) is 0 Å². The molecule has 13 nitrogen and oxygen atoms in total. The van der Waals surface area contributed by atoms with Crippen molar-refractivity contribution in [3.05, 3.63) is 71.0 Å². The standard InChI is InChI=1S/C38H46N2O11/c1-6-7-19-47-34(44)24(39-33(43)30(22-11-9-8-10-12-22)50-35(45)51-36(2,3)4)21-28(42)48-26-15-16-38(46)27-20-23-13-14-25(41)31-29(23)37(38,32(26)49-31)17-18-40(27)5/h8-15,24,27,30,32,41,46H,6-7,16-21H2,1-5H3,(H,39,43)/t24-,27?,30-,32-,37-,38+/m0/s1. The van der Waals surface area contributed by atoms with E-state index in [9.17, 15) is 29.4 Å². The van der Waals surface area contributed by atoms with Gasteiger partial charge in [-0.2, -0.15) is 0 Å². The highest BCUT2D eigenvalue weighted by Gasteiger charge is 2.72. The second-order valence-corrected chi connectivity index (χ2v) is 14.7. The van der Waals surface area contributed by atoms with Crippen molar-refractivity contribution in [2.45, 2.75) is 107 Å². The van der Waals surface area contributed by atoms with Gasteiger partial charge >= 0.3 is 18.1 Å². The summed E-state index contributed by atoms with van der Waals surface area (Å²) in [5, 5.41) is 25.7. The molecule has 2 aromatic carbocycles. The summed E-state index contributed by atoms with van der Waals surface area (Å²) in [5.74, 6) is -2.26. The predicted octanol–water partition coefficient (Wildman–Crippen LogP) is 4.12. The van der Waals surface area contributed by atoms with Gasteiger partial charge in [0.2, 0.25) is 6.10 Å². The van der Waals surface area contributed by atoms with Gasteiger partial charge in [-0.05, 0) is 71.3 Å². The number of hydrogen-bond donors (Lipinski definition) is 3. The molecule has 2 aliphatic heterocycles. The molecule has 1 fully saturated rings. The summed E-state index contributed by atoms with van der Waals surface area (Å²) >= 11 is 0. The highest BCUT2D eigenvalue weighted by atomic mass is 16.7. The Hall–Kier alpha value is -4.62. The lowest BCUT2D eigenvalue weighted by Gasteiger charge is -2.61. The van der Waals surface area contributed by atoms with E-state index in [4.69, 9.17) is 23.7 Å². The maximum atomic E-state index is 13.7. The number of piperidine rings is 1. The van der Waals surface area contributed by atoms with Crippen molar-refractivity contribution >= 4 is 24.0 Å². The molecule has 4 aliphatic rings. The lowest BCUT2D eigenvalue weighted by molar-refractivity contribution is -0.170. The van der Waals surface area contributed by atoms with Crippen molar-refractivity contribution in [2.75, 3.05) is 20.2 Å². The summed E-state index contributed by atoms with van der Waals surface area (Å²) in [6, 6.07) is 9.89. The summed E-state index contributed by atoms with van der Waals surface area (Å²) in [7, 11) is 1.97. The smallest absolute Gasteiger partial charge is 0.504 e. The number of unbranched alkanes of at least 4 members (excludes halogenated alkanes) is 1. The second kappa shape index (κ2) is 13.8. The van der Waals surface area contributed by atoms with Crippen molar-refractivity contribution in [1.29, 1.82) is 0 Å². The van der Waals surface area contributed by atoms with E-state index in [2.05, 4.69) is 10.2 Å². The first-order valence-corrected chi connectivity index (χ1v) is 17.5. The van der Waals surface area contributed by atoms with Crippen LogP contribution in [0.15, 0.2) is 54.3 Å². The molecule has 2 heterocycles. The number of nitrogens with one attached hydrogen (secondary N) is 1. The Morgan fingerprint density at radius 2 is 1.86 bits per heavy atom. The molecule has 6 atom stereocenters. The van der Waals surface area contributed by atoms with Crippen LogP contribution < -0.4 is 10.1 Å². The number of aliphatic hydroxyl groups is 1. The number of phenols is 1. The molecule has 1 spiro atoms. The molecule has 3 N–H and O–H groups in total. The van der Waals surface area contributed by atoms with Gasteiger partial charge in [0.05, 0.1) is 24.0 Å². The molecule has 51 heavy (non-hydrogen) atoms. The molecule has 1 saturated heterocycles. The van der Waals surface area contributed by atoms with Crippen molar-refractivity contribution < 1.29 is 53.1 Å². The first kappa shape index (κ1) is 36.2. The summed E-state index contributed by atoms with van der Waals surface area (Å²) in [6.07, 6.45) is 0.000262. The topological polar surface area (TPSA) is 170 Å². The lowest BCUT2D eigenvalue weighted by Crippen LogP contribution is -2.74. The zero-order chi connectivity index (χ0) is 36.7. The summed E-state index contributed by atoms with van der Waals surface area (Å²) in [4.78, 5) is 55.6. The van der Waals surface area contributed by atoms with E-state index in [1.165, 1.54) is 0 Å². The maximum absolute atomic E-state index is 13.7. The van der Waals surface area contributed by atoms with Crippen LogP contribution >= 0.6 is 0 Å². The summed E-state index contributed by atoms with van der Waals surface area (Å²) in [5.41, 5.74) is -1.13. The Morgan fingerprint density at radius 1 is 1.12 bits per heavy atom. The van der Waals surface area contributed by atoms with E-state index in [1.54, 1.807) is 63.2 Å². The number of hydrogen-bond acceptors (Lipinski definition) is 12. The quantitative estimate of drug-likeness (QED) is 0.174. The third-order valence-electron chi connectivity index (χ3n) is 10.2. The first-order valence-electron chi connectivity index (χ1n) is 17.5. The molecular weight excluding hydrogens is 660 g/mol. The number of aromatic hydroxyl groups is 1. The van der Waals surface area contributed by atoms with Crippen LogP contribution in [0.25, 0.3) is 0 Å². The van der Waals surface area contributed by atoms with Crippen LogP contribution in [0.4, 0.5) is 4.79 Å². The van der Waals surface area contributed by atoms with Crippen LogP contribution in [0.2, 0.25) is 0 Å². The van der Waals surface area contributed by atoms with Crippen LogP contribution in [0.1, 0.15) is 82.6 Å². The van der Waals surface area contributed by atoms with Gasteiger partial charge in [0.25, 0.3) is 5.91 Å². The van der Waals surface area contributed by atoms with Crippen LogP contribution in [0.5, 0.6) is 11.5 Å². The van der Waals surface area contributed by atoms with Crippen molar-refractivity contribution in [3.8, 4) is 11.5 Å². The molecule has 2 bridgehead atoms. The van der Waals surface area contributed by atoms with Gasteiger partial charge < -0.3 is 44.1 Å². The zero-order valence-electron chi connectivity index (χ0n) is 29.6. The Morgan fingerprint density at radius 3 is 2.57 bits per heavy atom. The summed E-state index contributed by atoms with van der Waals surface area (Å²) in [6.45, 7) is 7.59. The van der Waals surface area contributed by atoms with Crippen LogP contribution in [-0.4, -0.2) is 88.7 Å². The third kappa shape index (κ3) is 6.64. The molecule has 1 unspecified atom stereocenters. The number of likely N-dealkylation sites (tertiary alicyclic amines) is 1. The Labute approximate surface area is 296 Å². The lowest BCUT2D eigenvalue weighted by atomic mass is 9.50. The Balaban J connectivity index is 1.24. The molecule has 0 aromatic heterocycles. The van der Waals surface area contributed by atoms with Crippen molar-refractivity contribution in [2.24, 2.45) is 0 Å². The molecule has 13 heteroatoms. The number of carbonyl (C=O) groups excluding carboxylic acids is 4. The number of esters is 2. The number of benzene rings is 2. The number of phenolic OH excluding ortho intramolecular Hbond substituents is 1. The number of rotatable bonds is 11. The number of nitrogens with zero attached hydrogens (tertiary/aromatic N) is 1. The maximum Gasteiger partial charge on any atom is 0.509 e. The molecular formula is C38H46N2O11. The number of likely N-dealkylation sites (N-methyl/N-ethyl adjacent to an activating group) is 1. The Kier molecular flexibility index (Phi) is 9.81. The second-order valence-electron chi connectivity index (χ2n) is 14.7. The monoisotopic (exact) mass is 706 g/mol. The third-order valence-corrected chi connectivity index (χ3v) is 10.2. The van der Waals surface area contributed by atoms with Gasteiger partial charge in [0.1, 0.15) is 17.4 Å². The van der Waals surface area contributed by atoms with Crippen molar-refractivity contribution in [1.82, 2.24) is 10.2 Å². The predicted molar refractivity (Wildman–Crippen MR) is 182 cm³/mol. The van der Waals surface area contributed by atoms with Crippen LogP contribution in [0, 0.1) is 0 Å². The minimum Gasteiger partial charge on any atom is -0.504 e.